The lowest BCUT2D eigenvalue weighted by molar-refractivity contribution is -0.660. The molecule has 2 nitrogen and oxygen atoms in total. The zero-order chi connectivity index (χ0) is 20.6. The van der Waals surface area contributed by atoms with Crippen LogP contribution in [-0.2, 0) is 13.5 Å². The summed E-state index contributed by atoms with van der Waals surface area (Å²) in [5.41, 5.74) is 13.5. The molecule has 146 valence electrons. The van der Waals surface area contributed by atoms with Crippen LogP contribution < -0.4 is 4.57 Å². The Balaban J connectivity index is 1.58. The molecular weight excluding hydrogens is 364 g/mol. The molecule has 0 fully saturated rings. The fraction of sp³-hybridized carbons (Fsp3) is 0.179. The molecule has 1 aliphatic rings. The van der Waals surface area contributed by atoms with Crippen LogP contribution in [0.25, 0.3) is 38.7 Å². The molecule has 3 aromatic heterocycles. The highest BCUT2D eigenvalue weighted by Crippen LogP contribution is 2.41. The second-order valence-electron chi connectivity index (χ2n) is 8.86. The van der Waals surface area contributed by atoms with Crippen LogP contribution >= 0.6 is 0 Å². The van der Waals surface area contributed by atoms with Gasteiger partial charge in [0.05, 0.1) is 5.52 Å². The van der Waals surface area contributed by atoms with Gasteiger partial charge in [-0.3, -0.25) is 0 Å². The number of aryl methyl sites for hydroxylation is 4. The lowest BCUT2D eigenvalue weighted by Crippen LogP contribution is -2.31. The van der Waals surface area contributed by atoms with Gasteiger partial charge in [-0.15, -0.1) is 0 Å². The van der Waals surface area contributed by atoms with Crippen LogP contribution in [0.3, 0.4) is 0 Å². The number of benzene rings is 2. The fourth-order valence-corrected chi connectivity index (χ4v) is 5.11. The van der Waals surface area contributed by atoms with E-state index in [1.165, 1.54) is 66.5 Å². The van der Waals surface area contributed by atoms with Crippen molar-refractivity contribution in [2.24, 2.45) is 7.05 Å². The molecule has 0 aliphatic heterocycles. The van der Waals surface area contributed by atoms with Crippen molar-refractivity contribution in [2.45, 2.75) is 27.2 Å². The van der Waals surface area contributed by atoms with Gasteiger partial charge in [0, 0.05) is 45.9 Å². The van der Waals surface area contributed by atoms with Gasteiger partial charge in [-0.25, -0.2) is 4.57 Å². The number of fused-ring (bicyclic) bond motifs is 6. The average Bonchev–Trinajstić information content (AvgIpc) is 3.25. The summed E-state index contributed by atoms with van der Waals surface area (Å²) < 4.78 is 4.56. The molecule has 6 rings (SSSR count). The summed E-state index contributed by atoms with van der Waals surface area (Å²) in [4.78, 5) is 0. The first-order valence-electron chi connectivity index (χ1n) is 10.6. The molecule has 0 amide bonds. The number of hydrogen-bond donors (Lipinski definition) is 0. The van der Waals surface area contributed by atoms with Gasteiger partial charge in [-0.2, -0.15) is 0 Å². The Hall–Kier alpha value is -3.39. The molecule has 1 aliphatic carbocycles. The van der Waals surface area contributed by atoms with Crippen LogP contribution in [0.2, 0.25) is 0 Å². The summed E-state index contributed by atoms with van der Waals surface area (Å²) in [7, 11) is 2.15. The van der Waals surface area contributed by atoms with Gasteiger partial charge in [-0.1, -0.05) is 30.3 Å². The molecule has 0 bridgehead atoms. The monoisotopic (exact) mass is 389 g/mol. The van der Waals surface area contributed by atoms with Crippen LogP contribution in [0.5, 0.6) is 0 Å². The highest BCUT2D eigenvalue weighted by molar-refractivity contribution is 5.98. The van der Waals surface area contributed by atoms with Crippen molar-refractivity contribution in [1.82, 2.24) is 4.40 Å². The molecule has 2 heteroatoms. The fourth-order valence-electron chi connectivity index (χ4n) is 5.11. The van der Waals surface area contributed by atoms with E-state index in [4.69, 9.17) is 0 Å². The number of rotatable bonds is 1. The van der Waals surface area contributed by atoms with Crippen LogP contribution in [-0.4, -0.2) is 4.40 Å². The lowest BCUT2D eigenvalue weighted by Gasteiger charge is -2.10. The minimum atomic E-state index is 1.01. The highest BCUT2D eigenvalue weighted by Gasteiger charge is 2.24. The van der Waals surface area contributed by atoms with Crippen LogP contribution in [0.15, 0.2) is 67.1 Å². The van der Waals surface area contributed by atoms with E-state index in [1.807, 2.05) is 0 Å². The van der Waals surface area contributed by atoms with Gasteiger partial charge >= 0.3 is 0 Å². The van der Waals surface area contributed by atoms with E-state index in [0.717, 1.165) is 6.42 Å². The van der Waals surface area contributed by atoms with E-state index < -0.39 is 0 Å². The zero-order valence-corrected chi connectivity index (χ0v) is 18.0. The topological polar surface area (TPSA) is 8.29 Å². The predicted octanol–water partition coefficient (Wildman–Crippen LogP) is 6.08. The minimum absolute atomic E-state index is 1.01. The molecule has 5 aromatic rings. The van der Waals surface area contributed by atoms with Gasteiger partial charge in [-0.05, 0) is 67.1 Å². The molecule has 0 saturated carbocycles. The maximum atomic E-state index is 2.41. The summed E-state index contributed by atoms with van der Waals surface area (Å²) in [5.74, 6) is 0. The summed E-state index contributed by atoms with van der Waals surface area (Å²) in [6.07, 6.45) is 7.83. The second kappa shape index (κ2) is 6.06. The molecule has 2 aromatic carbocycles. The smallest absolute Gasteiger partial charge is 0.212 e. The first-order chi connectivity index (χ1) is 14.5. The molecule has 0 atom stereocenters. The Labute approximate surface area is 177 Å². The van der Waals surface area contributed by atoms with E-state index in [9.17, 15) is 0 Å². The first kappa shape index (κ1) is 17.5. The molecule has 0 spiro atoms. The van der Waals surface area contributed by atoms with Crippen molar-refractivity contribution in [1.29, 1.82) is 0 Å². The average molecular weight is 390 g/mol. The second-order valence-corrected chi connectivity index (χ2v) is 8.86. The summed E-state index contributed by atoms with van der Waals surface area (Å²) in [6, 6.07) is 18.2. The van der Waals surface area contributed by atoms with E-state index in [1.54, 1.807) is 0 Å². The number of aromatic nitrogens is 2. The Bertz CT molecular complexity index is 1500. The van der Waals surface area contributed by atoms with Gasteiger partial charge < -0.3 is 4.40 Å². The van der Waals surface area contributed by atoms with E-state index in [0.29, 0.717) is 0 Å². The Morgan fingerprint density at radius 1 is 0.767 bits per heavy atom. The Morgan fingerprint density at radius 3 is 2.43 bits per heavy atom. The van der Waals surface area contributed by atoms with Gasteiger partial charge in [0.25, 0.3) is 0 Å². The number of pyridine rings is 2. The SMILES string of the molecule is Cc1cc(-c2cc3c(cc2C)Cc2cc4c5ccccc5cn4cc2-3)[n+](C)cc1C. The third kappa shape index (κ3) is 2.40. The third-order valence-electron chi connectivity index (χ3n) is 6.86. The quantitative estimate of drug-likeness (QED) is 0.301. The molecule has 0 unspecified atom stereocenters. The molecule has 3 heterocycles. The number of nitrogens with zero attached hydrogens (tertiary/aromatic N) is 2. The maximum absolute atomic E-state index is 2.41. The molecule has 0 saturated heterocycles. The van der Waals surface area contributed by atoms with Crippen LogP contribution in [0.4, 0.5) is 0 Å². The summed E-state index contributed by atoms with van der Waals surface area (Å²) in [6.45, 7) is 6.62. The van der Waals surface area contributed by atoms with E-state index in [-0.39, 0.29) is 0 Å². The van der Waals surface area contributed by atoms with Crippen molar-refractivity contribution in [3.05, 3.63) is 94.9 Å². The standard InChI is InChI=1S/C28H25N2/c1-17-10-27(29(4)14-19(17)3)24-13-25-21(9-18(24)2)11-22-12-28-23-8-6-5-7-20(23)15-30(28)16-26(22)25/h5-10,12-16H,11H2,1-4H3/q+1. The van der Waals surface area contributed by atoms with Crippen molar-refractivity contribution in [3.8, 4) is 22.4 Å². The maximum Gasteiger partial charge on any atom is 0.212 e. The summed E-state index contributed by atoms with van der Waals surface area (Å²) in [5, 5.41) is 2.63. The van der Waals surface area contributed by atoms with Gasteiger partial charge in [0.1, 0.15) is 7.05 Å². The molecular formula is C28H25N2+. The minimum Gasteiger partial charge on any atom is -0.322 e. The summed E-state index contributed by atoms with van der Waals surface area (Å²) >= 11 is 0. The van der Waals surface area contributed by atoms with Crippen LogP contribution in [0, 0.1) is 20.8 Å². The lowest BCUT2D eigenvalue weighted by atomic mass is 9.96. The van der Waals surface area contributed by atoms with Crippen LogP contribution in [0.1, 0.15) is 27.8 Å². The van der Waals surface area contributed by atoms with Gasteiger partial charge in [0.2, 0.25) is 5.69 Å². The normalized spacial score (nSPS) is 12.5. The van der Waals surface area contributed by atoms with E-state index >= 15 is 0 Å². The zero-order valence-electron chi connectivity index (χ0n) is 18.0. The van der Waals surface area contributed by atoms with Crippen molar-refractivity contribution < 1.29 is 4.57 Å². The van der Waals surface area contributed by atoms with Gasteiger partial charge in [0.15, 0.2) is 6.20 Å². The third-order valence-corrected chi connectivity index (χ3v) is 6.86. The highest BCUT2D eigenvalue weighted by atomic mass is 14.9. The first-order valence-corrected chi connectivity index (χ1v) is 10.6. The predicted molar refractivity (Wildman–Crippen MR) is 124 cm³/mol. The molecule has 0 radical (unpaired) electrons. The molecule has 30 heavy (non-hydrogen) atoms. The van der Waals surface area contributed by atoms with Crippen molar-refractivity contribution >= 4 is 16.3 Å². The Kier molecular flexibility index (Phi) is 3.53. The largest absolute Gasteiger partial charge is 0.322 e. The molecule has 0 N–H and O–H groups in total. The Morgan fingerprint density at radius 2 is 1.57 bits per heavy atom. The van der Waals surface area contributed by atoms with E-state index in [2.05, 4.69) is 104 Å². The number of hydrogen-bond acceptors (Lipinski definition) is 0. The van der Waals surface area contributed by atoms with Crippen molar-refractivity contribution in [2.75, 3.05) is 0 Å². The van der Waals surface area contributed by atoms with Crippen molar-refractivity contribution in [3.63, 3.8) is 0 Å².